The standard InChI is InChI=1S/C8H12N2O2/c11-6-3-8(1-2-9-6)4-7(12)10-5-8/h1-5H2,(H,9,11)(H,10,12). The number of nitrogens with one attached hydrogen (secondary N) is 2. The summed E-state index contributed by atoms with van der Waals surface area (Å²) >= 11 is 0. The Morgan fingerprint density at radius 1 is 1.08 bits per heavy atom. The molecule has 0 saturated carbocycles. The number of hydrogen-bond donors (Lipinski definition) is 2. The van der Waals surface area contributed by atoms with E-state index >= 15 is 0 Å². The SMILES string of the molecule is O=C1CC2(CCN1)CNC(=O)C2. The fraction of sp³-hybridized carbons (Fsp3) is 0.750. The third-order valence-electron chi connectivity index (χ3n) is 2.71. The molecule has 0 radical (unpaired) electrons. The fourth-order valence-corrected chi connectivity index (χ4v) is 2.01. The van der Waals surface area contributed by atoms with Crippen molar-refractivity contribution >= 4 is 11.8 Å². The maximum atomic E-state index is 11.1. The zero-order valence-corrected chi connectivity index (χ0v) is 6.85. The van der Waals surface area contributed by atoms with Gasteiger partial charge in [-0.1, -0.05) is 0 Å². The molecular formula is C8H12N2O2. The van der Waals surface area contributed by atoms with Gasteiger partial charge in [0.05, 0.1) is 0 Å². The molecule has 1 atom stereocenters. The second-order valence-electron chi connectivity index (χ2n) is 3.73. The largest absolute Gasteiger partial charge is 0.356 e. The minimum atomic E-state index is -0.0561. The Balaban J connectivity index is 2.10. The van der Waals surface area contributed by atoms with Crippen molar-refractivity contribution in [2.75, 3.05) is 13.1 Å². The molecule has 1 unspecified atom stereocenters. The first-order chi connectivity index (χ1) is 5.70. The van der Waals surface area contributed by atoms with E-state index < -0.39 is 0 Å². The molecule has 2 N–H and O–H groups in total. The van der Waals surface area contributed by atoms with Crippen molar-refractivity contribution in [2.45, 2.75) is 19.3 Å². The average Bonchev–Trinajstić information content (AvgIpc) is 2.32. The van der Waals surface area contributed by atoms with Gasteiger partial charge in [-0.2, -0.15) is 0 Å². The number of rotatable bonds is 0. The maximum absolute atomic E-state index is 11.1. The van der Waals surface area contributed by atoms with Crippen LogP contribution in [-0.2, 0) is 9.59 Å². The van der Waals surface area contributed by atoms with Crippen molar-refractivity contribution in [2.24, 2.45) is 5.41 Å². The van der Waals surface area contributed by atoms with Gasteiger partial charge in [-0.3, -0.25) is 9.59 Å². The highest BCUT2D eigenvalue weighted by molar-refractivity contribution is 5.83. The molecule has 0 bridgehead atoms. The van der Waals surface area contributed by atoms with Crippen LogP contribution in [0.3, 0.4) is 0 Å². The van der Waals surface area contributed by atoms with Gasteiger partial charge in [-0.05, 0) is 6.42 Å². The molecule has 0 aromatic rings. The van der Waals surface area contributed by atoms with Gasteiger partial charge < -0.3 is 10.6 Å². The molecule has 12 heavy (non-hydrogen) atoms. The molecular weight excluding hydrogens is 156 g/mol. The molecule has 1 spiro atoms. The topological polar surface area (TPSA) is 58.2 Å². The molecule has 2 saturated heterocycles. The lowest BCUT2D eigenvalue weighted by Gasteiger charge is -2.30. The van der Waals surface area contributed by atoms with Crippen LogP contribution in [0, 0.1) is 5.41 Å². The summed E-state index contributed by atoms with van der Waals surface area (Å²) in [5.74, 6) is 0.169. The smallest absolute Gasteiger partial charge is 0.220 e. The van der Waals surface area contributed by atoms with E-state index in [1.54, 1.807) is 0 Å². The van der Waals surface area contributed by atoms with Crippen molar-refractivity contribution in [1.29, 1.82) is 0 Å². The lowest BCUT2D eigenvalue weighted by Crippen LogP contribution is -2.41. The highest BCUT2D eigenvalue weighted by atomic mass is 16.2. The lowest BCUT2D eigenvalue weighted by molar-refractivity contribution is -0.125. The van der Waals surface area contributed by atoms with Crippen LogP contribution in [0.4, 0.5) is 0 Å². The van der Waals surface area contributed by atoms with E-state index in [0.29, 0.717) is 25.9 Å². The molecule has 4 heteroatoms. The Morgan fingerprint density at radius 3 is 2.33 bits per heavy atom. The van der Waals surface area contributed by atoms with Crippen molar-refractivity contribution in [3.05, 3.63) is 0 Å². The first kappa shape index (κ1) is 7.58. The first-order valence-electron chi connectivity index (χ1n) is 4.24. The molecule has 2 rings (SSSR count). The van der Waals surface area contributed by atoms with Crippen LogP contribution in [0.1, 0.15) is 19.3 Å². The van der Waals surface area contributed by atoms with Gasteiger partial charge in [0.1, 0.15) is 0 Å². The first-order valence-corrected chi connectivity index (χ1v) is 4.24. The van der Waals surface area contributed by atoms with E-state index in [-0.39, 0.29) is 17.2 Å². The van der Waals surface area contributed by atoms with E-state index in [9.17, 15) is 9.59 Å². The summed E-state index contributed by atoms with van der Waals surface area (Å²) in [6, 6.07) is 0. The highest BCUT2D eigenvalue weighted by Gasteiger charge is 2.41. The molecule has 0 aromatic carbocycles. The predicted octanol–water partition coefficient (Wildman–Crippen LogP) is -0.597. The van der Waals surface area contributed by atoms with Crippen molar-refractivity contribution in [3.63, 3.8) is 0 Å². The Labute approximate surface area is 70.7 Å². The zero-order valence-electron chi connectivity index (χ0n) is 6.85. The number of carbonyl (C=O) groups is 2. The van der Waals surface area contributed by atoms with Crippen LogP contribution in [0.2, 0.25) is 0 Å². The fourth-order valence-electron chi connectivity index (χ4n) is 2.01. The summed E-state index contributed by atoms with van der Waals surface area (Å²) < 4.78 is 0. The number of hydrogen-bond acceptors (Lipinski definition) is 2. The molecule has 0 aromatic heterocycles. The second-order valence-corrected chi connectivity index (χ2v) is 3.73. The summed E-state index contributed by atoms with van der Waals surface area (Å²) in [5.41, 5.74) is -0.0561. The third kappa shape index (κ3) is 1.17. The molecule has 4 nitrogen and oxygen atoms in total. The van der Waals surface area contributed by atoms with Gasteiger partial charge in [0, 0.05) is 31.3 Å². The second kappa shape index (κ2) is 2.47. The van der Waals surface area contributed by atoms with Crippen LogP contribution in [0.5, 0.6) is 0 Å². The molecule has 2 aliphatic heterocycles. The summed E-state index contributed by atoms with van der Waals surface area (Å²) in [7, 11) is 0. The number of piperidine rings is 1. The summed E-state index contributed by atoms with van der Waals surface area (Å²) in [4.78, 5) is 22.1. The van der Waals surface area contributed by atoms with E-state index in [1.807, 2.05) is 0 Å². The van der Waals surface area contributed by atoms with Crippen molar-refractivity contribution in [1.82, 2.24) is 10.6 Å². The van der Waals surface area contributed by atoms with E-state index in [0.717, 1.165) is 6.42 Å². The van der Waals surface area contributed by atoms with Crippen molar-refractivity contribution in [3.8, 4) is 0 Å². The normalized spacial score (nSPS) is 35.0. The number of carbonyl (C=O) groups excluding carboxylic acids is 2. The maximum Gasteiger partial charge on any atom is 0.220 e. The minimum Gasteiger partial charge on any atom is -0.356 e. The Kier molecular flexibility index (Phi) is 1.56. The number of amides is 2. The Hall–Kier alpha value is -1.06. The minimum absolute atomic E-state index is 0.0561. The average molecular weight is 168 g/mol. The Bertz CT molecular complexity index is 239. The summed E-state index contributed by atoms with van der Waals surface area (Å²) in [6.45, 7) is 1.40. The van der Waals surface area contributed by atoms with Gasteiger partial charge in [0.25, 0.3) is 0 Å². The van der Waals surface area contributed by atoms with Gasteiger partial charge in [-0.15, -0.1) is 0 Å². The van der Waals surface area contributed by atoms with Gasteiger partial charge in [0.2, 0.25) is 11.8 Å². The molecule has 2 heterocycles. The van der Waals surface area contributed by atoms with Crippen molar-refractivity contribution < 1.29 is 9.59 Å². The monoisotopic (exact) mass is 168 g/mol. The quantitative estimate of drug-likeness (QED) is 0.507. The molecule has 2 aliphatic rings. The van der Waals surface area contributed by atoms with Crippen LogP contribution in [-0.4, -0.2) is 24.9 Å². The van der Waals surface area contributed by atoms with Crippen LogP contribution < -0.4 is 10.6 Å². The molecule has 0 aliphatic carbocycles. The predicted molar refractivity (Wildman–Crippen MR) is 42.3 cm³/mol. The third-order valence-corrected chi connectivity index (χ3v) is 2.71. The van der Waals surface area contributed by atoms with E-state index in [1.165, 1.54) is 0 Å². The molecule has 2 amide bonds. The van der Waals surface area contributed by atoms with Crippen LogP contribution in [0.15, 0.2) is 0 Å². The van der Waals surface area contributed by atoms with Crippen LogP contribution >= 0.6 is 0 Å². The van der Waals surface area contributed by atoms with E-state index in [2.05, 4.69) is 10.6 Å². The molecule has 2 fully saturated rings. The van der Waals surface area contributed by atoms with Gasteiger partial charge in [-0.25, -0.2) is 0 Å². The molecule has 66 valence electrons. The lowest BCUT2D eigenvalue weighted by atomic mass is 9.78. The highest BCUT2D eigenvalue weighted by Crippen LogP contribution is 2.35. The zero-order chi connectivity index (χ0) is 8.60. The summed E-state index contributed by atoms with van der Waals surface area (Å²) in [6.07, 6.45) is 1.96. The summed E-state index contributed by atoms with van der Waals surface area (Å²) in [5, 5.41) is 5.55. The Morgan fingerprint density at radius 2 is 1.75 bits per heavy atom. The van der Waals surface area contributed by atoms with Gasteiger partial charge >= 0.3 is 0 Å². The van der Waals surface area contributed by atoms with Crippen LogP contribution in [0.25, 0.3) is 0 Å². The van der Waals surface area contributed by atoms with E-state index in [4.69, 9.17) is 0 Å². The van der Waals surface area contributed by atoms with Gasteiger partial charge in [0.15, 0.2) is 0 Å².